The monoisotopic (exact) mass is 342 g/mol. The minimum Gasteiger partial charge on any atom is -0.497 e. The Kier molecular flexibility index (Phi) is 3.66. The minimum atomic E-state index is -0.364. The summed E-state index contributed by atoms with van der Waals surface area (Å²) >= 11 is 0. The lowest BCUT2D eigenvalue weighted by Crippen LogP contribution is -2.26. The topological polar surface area (TPSA) is 53.3 Å². The first-order chi connectivity index (χ1) is 12.6. The summed E-state index contributed by atoms with van der Waals surface area (Å²) in [5, 5.41) is 9.84. The molecule has 26 heavy (non-hydrogen) atoms. The van der Waals surface area contributed by atoms with Gasteiger partial charge in [0.05, 0.1) is 30.4 Å². The number of Topliss-reactive ketones (excluding diaryl/α,β-unsaturated/α-hetero) is 1. The number of methoxy groups -OCH3 is 1. The molecule has 1 atom stereocenters. The molecule has 1 heterocycles. The molecule has 0 spiro atoms. The first-order valence-electron chi connectivity index (χ1n) is 8.45. The molecule has 0 radical (unpaired) electrons. The van der Waals surface area contributed by atoms with E-state index in [2.05, 4.69) is 6.07 Å². The van der Waals surface area contributed by atoms with Gasteiger partial charge in [0, 0.05) is 29.4 Å². The number of fused-ring (bicyclic) bond motifs is 2. The van der Waals surface area contributed by atoms with Gasteiger partial charge in [0.25, 0.3) is 0 Å². The molecule has 4 rings (SSSR count). The largest absolute Gasteiger partial charge is 0.497 e. The number of ether oxygens (including phenoxy) is 1. The van der Waals surface area contributed by atoms with Gasteiger partial charge in [-0.3, -0.25) is 4.79 Å². The highest BCUT2D eigenvalue weighted by Gasteiger charge is 2.42. The molecule has 0 unspecified atom stereocenters. The highest BCUT2D eigenvalue weighted by atomic mass is 16.5. The Labute approximate surface area is 152 Å². The quantitative estimate of drug-likeness (QED) is 0.823. The average Bonchev–Trinajstić information content (AvgIpc) is 2.97. The molecule has 0 bridgehead atoms. The van der Waals surface area contributed by atoms with Crippen LogP contribution in [0.4, 0.5) is 0 Å². The molecule has 4 nitrogen and oxygen atoms in total. The van der Waals surface area contributed by atoms with Crippen molar-refractivity contribution in [1.82, 2.24) is 4.90 Å². The van der Waals surface area contributed by atoms with Crippen LogP contribution in [0.3, 0.4) is 0 Å². The van der Waals surface area contributed by atoms with Crippen molar-refractivity contribution >= 4 is 11.5 Å². The molecule has 2 aromatic carbocycles. The number of hydrogen-bond acceptors (Lipinski definition) is 4. The van der Waals surface area contributed by atoms with Crippen LogP contribution in [0, 0.1) is 11.3 Å². The fraction of sp³-hybridized carbons (Fsp3) is 0.182. The molecule has 2 aromatic rings. The Morgan fingerprint density at radius 3 is 2.35 bits per heavy atom. The maximum Gasteiger partial charge on any atom is 0.192 e. The van der Waals surface area contributed by atoms with Crippen molar-refractivity contribution in [1.29, 1.82) is 5.26 Å². The van der Waals surface area contributed by atoms with Gasteiger partial charge >= 0.3 is 0 Å². The molecule has 0 fully saturated rings. The summed E-state index contributed by atoms with van der Waals surface area (Å²) in [5.74, 6) is 0.386. The second-order valence-electron chi connectivity index (χ2n) is 6.51. The van der Waals surface area contributed by atoms with Crippen LogP contribution in [-0.4, -0.2) is 24.8 Å². The van der Waals surface area contributed by atoms with Gasteiger partial charge in [-0.1, -0.05) is 36.4 Å². The first-order valence-corrected chi connectivity index (χ1v) is 8.45. The molecule has 0 N–H and O–H groups in total. The van der Waals surface area contributed by atoms with Crippen molar-refractivity contribution in [3.05, 3.63) is 82.1 Å². The van der Waals surface area contributed by atoms with E-state index in [1.807, 2.05) is 67.4 Å². The summed E-state index contributed by atoms with van der Waals surface area (Å²) in [6, 6.07) is 17.6. The summed E-state index contributed by atoms with van der Waals surface area (Å²) < 4.78 is 5.24. The summed E-state index contributed by atoms with van der Waals surface area (Å²) in [6.07, 6.45) is 0. The van der Waals surface area contributed by atoms with Crippen LogP contribution >= 0.6 is 0 Å². The van der Waals surface area contributed by atoms with Crippen molar-refractivity contribution in [2.75, 3.05) is 14.2 Å². The fourth-order valence-electron chi connectivity index (χ4n) is 3.89. The van der Waals surface area contributed by atoms with Crippen LogP contribution in [-0.2, 0) is 0 Å². The Hall–Kier alpha value is -3.32. The van der Waals surface area contributed by atoms with Gasteiger partial charge in [-0.2, -0.15) is 5.26 Å². The van der Waals surface area contributed by atoms with Crippen LogP contribution in [0.25, 0.3) is 5.70 Å². The van der Waals surface area contributed by atoms with Crippen LogP contribution < -0.4 is 4.74 Å². The SMILES string of the molecule is COc1ccc([C@H]2C(C#N)=C(C)N(C)C3=C2C(=O)c2ccccc23)cc1. The predicted molar refractivity (Wildman–Crippen MR) is 99.5 cm³/mol. The van der Waals surface area contributed by atoms with E-state index in [9.17, 15) is 10.1 Å². The van der Waals surface area contributed by atoms with Gasteiger partial charge in [-0.15, -0.1) is 0 Å². The van der Waals surface area contributed by atoms with E-state index in [-0.39, 0.29) is 11.7 Å². The Morgan fingerprint density at radius 2 is 1.73 bits per heavy atom. The third-order valence-corrected chi connectivity index (χ3v) is 5.30. The van der Waals surface area contributed by atoms with Crippen molar-refractivity contribution in [2.45, 2.75) is 12.8 Å². The highest BCUT2D eigenvalue weighted by Crippen LogP contribution is 2.49. The lowest BCUT2D eigenvalue weighted by Gasteiger charge is -2.33. The fourth-order valence-corrected chi connectivity index (χ4v) is 3.89. The molecule has 1 aliphatic carbocycles. The Bertz CT molecular complexity index is 1020. The van der Waals surface area contributed by atoms with Crippen LogP contribution in [0.15, 0.2) is 65.4 Å². The maximum atomic E-state index is 13.2. The summed E-state index contributed by atoms with van der Waals surface area (Å²) in [6.45, 7) is 1.93. The lowest BCUT2D eigenvalue weighted by molar-refractivity contribution is 0.103. The van der Waals surface area contributed by atoms with E-state index in [1.54, 1.807) is 7.11 Å². The number of nitrogens with zero attached hydrogens (tertiary/aromatic N) is 2. The Morgan fingerprint density at radius 1 is 1.08 bits per heavy atom. The van der Waals surface area contributed by atoms with Crippen molar-refractivity contribution in [2.24, 2.45) is 0 Å². The van der Waals surface area contributed by atoms with E-state index >= 15 is 0 Å². The zero-order valence-electron chi connectivity index (χ0n) is 14.9. The standard InChI is InChI=1S/C22H18N2O2/c1-13-18(12-23)19(14-8-10-15(26-3)11-9-14)20-21(24(13)2)16-6-4-5-7-17(16)22(20)25/h4-11,19H,1-3H3/t19-/m0/s1. The number of hydrogen-bond donors (Lipinski definition) is 0. The molecule has 0 saturated heterocycles. The van der Waals surface area contributed by atoms with E-state index in [1.165, 1.54) is 0 Å². The third-order valence-electron chi connectivity index (χ3n) is 5.30. The van der Waals surface area contributed by atoms with Crippen molar-refractivity contribution in [3.8, 4) is 11.8 Å². The summed E-state index contributed by atoms with van der Waals surface area (Å²) in [5.41, 5.74) is 5.63. The zero-order chi connectivity index (χ0) is 18.4. The number of benzene rings is 2. The van der Waals surface area contributed by atoms with Gasteiger partial charge in [0.2, 0.25) is 0 Å². The van der Waals surface area contributed by atoms with Gasteiger partial charge in [0.1, 0.15) is 5.75 Å². The summed E-state index contributed by atoms with van der Waals surface area (Å²) in [7, 11) is 3.54. The molecular formula is C22H18N2O2. The predicted octanol–water partition coefficient (Wildman–Crippen LogP) is 4.13. The van der Waals surface area contributed by atoms with Gasteiger partial charge < -0.3 is 9.64 Å². The summed E-state index contributed by atoms with van der Waals surface area (Å²) in [4.78, 5) is 15.2. The number of rotatable bonds is 2. The molecule has 2 aliphatic rings. The van der Waals surface area contributed by atoms with E-state index in [4.69, 9.17) is 4.74 Å². The molecule has 128 valence electrons. The zero-order valence-corrected chi connectivity index (χ0v) is 14.9. The highest BCUT2D eigenvalue weighted by molar-refractivity contribution is 6.22. The number of ketones is 1. The van der Waals surface area contributed by atoms with Gasteiger partial charge in [-0.05, 0) is 24.6 Å². The molecule has 4 heteroatoms. The lowest BCUT2D eigenvalue weighted by atomic mass is 9.80. The molecule has 0 saturated carbocycles. The molecule has 0 aromatic heterocycles. The second kappa shape index (κ2) is 5.89. The second-order valence-corrected chi connectivity index (χ2v) is 6.51. The van der Waals surface area contributed by atoms with Crippen molar-refractivity contribution in [3.63, 3.8) is 0 Å². The number of nitriles is 1. The average molecular weight is 342 g/mol. The van der Waals surface area contributed by atoms with E-state index in [0.29, 0.717) is 16.7 Å². The Balaban J connectivity index is 1.96. The molecule has 0 amide bonds. The van der Waals surface area contributed by atoms with Crippen molar-refractivity contribution < 1.29 is 9.53 Å². The molecular weight excluding hydrogens is 324 g/mol. The first kappa shape index (κ1) is 16.2. The number of carbonyl (C=O) groups excluding carboxylic acids is 1. The van der Waals surface area contributed by atoms with Gasteiger partial charge in [0.15, 0.2) is 5.78 Å². The normalized spacial score (nSPS) is 18.6. The van der Waals surface area contributed by atoms with Crippen LogP contribution in [0.2, 0.25) is 0 Å². The maximum absolute atomic E-state index is 13.2. The minimum absolute atomic E-state index is 0.00326. The van der Waals surface area contributed by atoms with E-state index in [0.717, 1.165) is 28.3 Å². The van der Waals surface area contributed by atoms with E-state index < -0.39 is 0 Å². The third kappa shape index (κ3) is 2.11. The smallest absolute Gasteiger partial charge is 0.192 e. The number of carbonyl (C=O) groups is 1. The molecule has 1 aliphatic heterocycles. The van der Waals surface area contributed by atoms with Crippen LogP contribution in [0.1, 0.15) is 34.3 Å². The van der Waals surface area contributed by atoms with Crippen LogP contribution in [0.5, 0.6) is 5.75 Å². The van der Waals surface area contributed by atoms with Gasteiger partial charge in [-0.25, -0.2) is 0 Å². The number of allylic oxidation sites excluding steroid dienone is 3.